The Bertz CT molecular complexity index is 2070. The van der Waals surface area contributed by atoms with Crippen molar-refractivity contribution in [2.75, 3.05) is 26.2 Å². The van der Waals surface area contributed by atoms with Crippen LogP contribution in [0.4, 0.5) is 0 Å². The largest absolute Gasteiger partial charge is 0.324 e. The minimum Gasteiger partial charge on any atom is -0.324 e. The molecule has 1 unspecified atom stereocenters. The Morgan fingerprint density at radius 2 is 1.88 bits per heavy atom. The highest BCUT2D eigenvalue weighted by molar-refractivity contribution is 6.35. The monoisotopic (exact) mass is 696 g/mol. The van der Waals surface area contributed by atoms with Gasteiger partial charge in [-0.25, -0.2) is 0 Å². The van der Waals surface area contributed by atoms with Gasteiger partial charge in [0.05, 0.1) is 50.6 Å². The van der Waals surface area contributed by atoms with Gasteiger partial charge in [0.15, 0.2) is 17.8 Å². The van der Waals surface area contributed by atoms with Gasteiger partial charge in [-0.05, 0) is 87.9 Å². The fraction of sp³-hybridized carbons (Fsp3) is 0.474. The van der Waals surface area contributed by atoms with Crippen LogP contribution in [0, 0.1) is 11.8 Å². The quantitative estimate of drug-likeness (QED) is 0.284. The summed E-state index contributed by atoms with van der Waals surface area (Å²) >= 11 is 6.48. The molecule has 3 aromatic rings. The van der Waals surface area contributed by atoms with E-state index in [1.165, 1.54) is 17.4 Å². The average Bonchev–Trinajstić information content (AvgIpc) is 3.77. The number of carbonyl (C=O) groups excluding carboxylic acids is 3. The normalized spacial score (nSPS) is 21.7. The highest BCUT2D eigenvalue weighted by Gasteiger charge is 2.41. The predicted molar refractivity (Wildman–Crippen MR) is 191 cm³/mol. The highest BCUT2D eigenvalue weighted by Crippen LogP contribution is 2.44. The predicted octanol–water partition coefficient (Wildman–Crippen LogP) is 5.58. The van der Waals surface area contributed by atoms with Crippen molar-refractivity contribution in [1.29, 1.82) is 0 Å². The topological polar surface area (TPSA) is 120 Å². The first-order chi connectivity index (χ1) is 23.8. The molecule has 0 radical (unpaired) electrons. The van der Waals surface area contributed by atoms with E-state index in [0.717, 1.165) is 67.2 Å². The Morgan fingerprint density at radius 3 is 2.60 bits per heavy atom. The minimum absolute atomic E-state index is 0.0235. The van der Waals surface area contributed by atoms with E-state index in [-0.39, 0.29) is 41.9 Å². The summed E-state index contributed by atoms with van der Waals surface area (Å²) in [7, 11) is 0. The Morgan fingerprint density at radius 1 is 1.12 bits per heavy atom. The van der Waals surface area contributed by atoms with Gasteiger partial charge in [-0.15, -0.1) is 4.68 Å². The van der Waals surface area contributed by atoms with Gasteiger partial charge >= 0.3 is 0 Å². The number of nitrogens with zero attached hydrogens (tertiary/aromatic N) is 7. The van der Waals surface area contributed by atoms with Crippen LogP contribution >= 0.6 is 11.6 Å². The Labute approximate surface area is 296 Å². The van der Waals surface area contributed by atoms with Crippen molar-refractivity contribution >= 4 is 46.2 Å². The Hall–Kier alpha value is -4.35. The third kappa shape index (κ3) is 6.04. The van der Waals surface area contributed by atoms with Crippen LogP contribution in [0.25, 0.3) is 16.6 Å². The first kappa shape index (κ1) is 34.1. The minimum atomic E-state index is -0.684. The van der Waals surface area contributed by atoms with Gasteiger partial charge in [0, 0.05) is 19.4 Å². The van der Waals surface area contributed by atoms with Crippen LogP contribution in [0.5, 0.6) is 0 Å². The van der Waals surface area contributed by atoms with Crippen molar-refractivity contribution in [3.63, 3.8) is 0 Å². The molecule has 0 aliphatic carbocycles. The molecule has 7 rings (SSSR count). The lowest BCUT2D eigenvalue weighted by atomic mass is 9.83. The number of Topliss-reactive ketones (excluding diaryl/α,β-unsaturated/α-hetero) is 2. The summed E-state index contributed by atoms with van der Waals surface area (Å²) in [4.78, 5) is 59.0. The fourth-order valence-electron chi connectivity index (χ4n) is 7.95. The molecule has 1 amide bonds. The molecule has 2 fully saturated rings. The van der Waals surface area contributed by atoms with Crippen LogP contribution in [0.2, 0.25) is 5.02 Å². The number of hydrogen-bond acceptors (Lipinski definition) is 8. The van der Waals surface area contributed by atoms with E-state index in [2.05, 4.69) is 56.8 Å². The molecular weight excluding hydrogens is 654 g/mol. The summed E-state index contributed by atoms with van der Waals surface area (Å²) in [5.41, 5.74) is 4.44. The molecule has 50 heavy (non-hydrogen) atoms. The molecule has 2 atom stereocenters. The van der Waals surface area contributed by atoms with E-state index in [1.807, 2.05) is 32.2 Å². The lowest BCUT2D eigenvalue weighted by Crippen LogP contribution is -2.45. The van der Waals surface area contributed by atoms with Crippen molar-refractivity contribution in [2.45, 2.75) is 77.7 Å². The number of ketones is 2. The smallest absolute Gasteiger partial charge is 0.282 e. The maximum Gasteiger partial charge on any atom is 0.282 e. The van der Waals surface area contributed by atoms with E-state index in [1.54, 1.807) is 17.0 Å². The summed E-state index contributed by atoms with van der Waals surface area (Å²) in [6.45, 7) is 12.3. The van der Waals surface area contributed by atoms with Crippen molar-refractivity contribution in [3.05, 3.63) is 80.6 Å². The van der Waals surface area contributed by atoms with Crippen molar-refractivity contribution in [2.24, 2.45) is 22.2 Å². The summed E-state index contributed by atoms with van der Waals surface area (Å²) in [6, 6.07) is 11.6. The Balaban J connectivity index is 1.000. The molecule has 4 aliphatic heterocycles. The first-order valence-corrected chi connectivity index (χ1v) is 17.9. The molecule has 2 aromatic carbocycles. The van der Waals surface area contributed by atoms with Crippen LogP contribution in [0.1, 0.15) is 83.2 Å². The van der Waals surface area contributed by atoms with Gasteiger partial charge in [-0.2, -0.15) is 4.98 Å². The molecule has 1 aromatic heterocycles. The van der Waals surface area contributed by atoms with Gasteiger partial charge in [-0.3, -0.25) is 23.7 Å². The van der Waals surface area contributed by atoms with Crippen molar-refractivity contribution in [3.8, 4) is 5.69 Å². The summed E-state index contributed by atoms with van der Waals surface area (Å²) in [5, 5.41) is 9.51. The van der Waals surface area contributed by atoms with Crippen LogP contribution in [-0.4, -0.2) is 79.9 Å². The zero-order valence-corrected chi connectivity index (χ0v) is 30.0. The maximum atomic E-state index is 13.4. The number of rotatable bonds is 8. The lowest BCUT2D eigenvalue weighted by Gasteiger charge is -2.32. The first-order valence-electron chi connectivity index (χ1n) is 17.5. The van der Waals surface area contributed by atoms with E-state index in [4.69, 9.17) is 11.6 Å². The molecule has 2 saturated heterocycles. The molecule has 0 spiro atoms. The van der Waals surface area contributed by atoms with E-state index < -0.39 is 17.4 Å². The highest BCUT2D eigenvalue weighted by atomic mass is 35.5. The second-order valence-electron chi connectivity index (χ2n) is 14.9. The number of likely N-dealkylation sites (tertiary alicyclic amines) is 2. The third-order valence-electron chi connectivity index (χ3n) is 10.9. The number of halogens is 1. The Kier molecular flexibility index (Phi) is 8.92. The standard InChI is InChI=1S/C38H43ClN7O4/c1-22(2)28(36(50)45-20-27(48)18-32(45)23(3)47)21-44-19-26(41-42-44)13-16-43-14-11-24(12-15-43)25-9-10-29-33(17-25)46-31-8-6-7-30(39)34(31)35(49)40-37(46)38(29,4)5/h6-10,17,19,21-22,24,28,32H,11-16,18,20H2,1-5H3/q+1/b44-21+/t28?,32-/m0/s1. The number of fused-ring (bicyclic) bond motifs is 5. The van der Waals surface area contributed by atoms with Crippen LogP contribution in [-0.2, 0) is 19.8 Å². The molecule has 0 bridgehead atoms. The molecule has 11 nitrogen and oxygen atoms in total. The number of aromatic nitrogens is 2. The van der Waals surface area contributed by atoms with E-state index >= 15 is 0 Å². The SMILES string of the molecule is CC(=O)[C@@H]1CC(=O)CN1C(=O)C(/C=[N+]1\C=C(CCN2CCC(c3ccc4c(c3)-n3c(nc(=O)c5c(Cl)cccc53)C4(C)C)CC2)N=N1)C(C)C. The van der Waals surface area contributed by atoms with Gasteiger partial charge < -0.3 is 9.80 Å². The number of hydrogen-bond donors (Lipinski definition) is 0. The van der Waals surface area contributed by atoms with Crippen LogP contribution in [0.15, 0.2) is 63.4 Å². The molecule has 4 aliphatic rings. The fourth-order valence-corrected chi connectivity index (χ4v) is 8.20. The summed E-state index contributed by atoms with van der Waals surface area (Å²) < 4.78 is 3.72. The van der Waals surface area contributed by atoms with Crippen LogP contribution < -0.4 is 5.56 Å². The molecular formula is C38H43ClN7O4+. The lowest BCUT2D eigenvalue weighted by molar-refractivity contribution is -0.461. The summed E-state index contributed by atoms with van der Waals surface area (Å²) in [6.07, 6.45) is 6.49. The number of amides is 1. The maximum absolute atomic E-state index is 13.4. The van der Waals surface area contributed by atoms with Crippen molar-refractivity contribution in [1.82, 2.24) is 19.4 Å². The van der Waals surface area contributed by atoms with E-state index in [0.29, 0.717) is 16.3 Å². The van der Waals surface area contributed by atoms with Crippen molar-refractivity contribution < 1.29 is 19.1 Å². The second kappa shape index (κ2) is 13.1. The molecule has 12 heteroatoms. The second-order valence-corrected chi connectivity index (χ2v) is 15.3. The number of carbonyl (C=O) groups is 3. The zero-order chi connectivity index (χ0) is 35.5. The van der Waals surface area contributed by atoms with Gasteiger partial charge in [-0.1, -0.05) is 43.6 Å². The third-order valence-corrected chi connectivity index (χ3v) is 11.2. The number of benzene rings is 2. The number of piperidine rings is 1. The molecule has 5 heterocycles. The van der Waals surface area contributed by atoms with Gasteiger partial charge in [0.2, 0.25) is 11.6 Å². The summed E-state index contributed by atoms with van der Waals surface area (Å²) in [5.74, 6) is 0.0795. The molecule has 260 valence electrons. The van der Waals surface area contributed by atoms with Gasteiger partial charge in [0.1, 0.15) is 17.3 Å². The zero-order valence-electron chi connectivity index (χ0n) is 29.2. The average molecular weight is 697 g/mol. The van der Waals surface area contributed by atoms with Gasteiger partial charge in [0.25, 0.3) is 5.56 Å². The molecule has 0 saturated carbocycles. The molecule has 0 N–H and O–H groups in total. The van der Waals surface area contributed by atoms with Crippen LogP contribution in [0.3, 0.4) is 0 Å². The van der Waals surface area contributed by atoms with E-state index in [9.17, 15) is 19.2 Å².